The summed E-state index contributed by atoms with van der Waals surface area (Å²) in [6.07, 6.45) is 5.06. The Morgan fingerprint density at radius 2 is 1.96 bits per heavy atom. The van der Waals surface area contributed by atoms with Gasteiger partial charge in [0.15, 0.2) is 0 Å². The lowest BCUT2D eigenvalue weighted by atomic mass is 10.1. The monoisotopic (exact) mass is 310 g/mol. The summed E-state index contributed by atoms with van der Waals surface area (Å²) in [7, 11) is 3.49. The van der Waals surface area contributed by atoms with Gasteiger partial charge in [0.25, 0.3) is 0 Å². The first-order valence-corrected chi connectivity index (χ1v) is 7.31. The summed E-state index contributed by atoms with van der Waals surface area (Å²) in [6.45, 7) is 1.04. The van der Waals surface area contributed by atoms with E-state index in [2.05, 4.69) is 26.3 Å². The van der Waals surface area contributed by atoms with E-state index < -0.39 is 0 Å². The first-order valence-electron chi connectivity index (χ1n) is 7.31. The van der Waals surface area contributed by atoms with Gasteiger partial charge in [-0.25, -0.2) is 9.97 Å². The molecule has 1 N–H and O–H groups in total. The number of hydrogen-bond donors (Lipinski definition) is 1. The molecule has 0 spiro atoms. The van der Waals surface area contributed by atoms with Crippen LogP contribution >= 0.6 is 0 Å². The molecule has 0 amide bonds. The first-order chi connectivity index (χ1) is 11.3. The van der Waals surface area contributed by atoms with Crippen LogP contribution in [0.25, 0.3) is 22.0 Å². The van der Waals surface area contributed by atoms with Crippen LogP contribution in [0.2, 0.25) is 0 Å². The second kappa shape index (κ2) is 7.02. The number of benzene rings is 1. The van der Waals surface area contributed by atoms with Crippen LogP contribution in [0.15, 0.2) is 43.0 Å². The van der Waals surface area contributed by atoms with Gasteiger partial charge in [0.05, 0.1) is 18.3 Å². The van der Waals surface area contributed by atoms with E-state index in [-0.39, 0.29) is 0 Å². The smallest absolute Gasteiger partial charge is 0.138 e. The van der Waals surface area contributed by atoms with Crippen molar-refractivity contribution >= 4 is 16.7 Å². The molecule has 3 rings (SSSR count). The van der Waals surface area contributed by atoms with Crippen molar-refractivity contribution in [3.05, 3.63) is 43.0 Å². The van der Waals surface area contributed by atoms with E-state index >= 15 is 0 Å². The maximum atomic E-state index is 5.62. The Bertz CT molecular complexity index is 807. The molecule has 2 heterocycles. The van der Waals surface area contributed by atoms with Gasteiger partial charge in [-0.1, -0.05) is 6.07 Å². The number of hydrogen-bond acceptors (Lipinski definition) is 6. The number of fused-ring (bicyclic) bond motifs is 1. The third-order valence-corrected chi connectivity index (χ3v) is 3.47. The fourth-order valence-electron chi connectivity index (χ4n) is 2.33. The van der Waals surface area contributed by atoms with Gasteiger partial charge in [-0.2, -0.15) is 0 Å². The predicted molar refractivity (Wildman–Crippen MR) is 89.7 cm³/mol. The topological polar surface area (TPSA) is 69.2 Å². The molecule has 0 atom stereocenters. The lowest BCUT2D eigenvalue weighted by Gasteiger charge is -2.09. The average Bonchev–Trinajstić information content (AvgIpc) is 2.61. The van der Waals surface area contributed by atoms with Gasteiger partial charge < -0.3 is 14.8 Å². The fraction of sp³-hybridized carbons (Fsp3) is 0.235. The molecule has 0 saturated heterocycles. The van der Waals surface area contributed by atoms with Crippen LogP contribution in [-0.4, -0.2) is 42.3 Å². The molecular weight excluding hydrogens is 292 g/mol. The Morgan fingerprint density at radius 3 is 2.78 bits per heavy atom. The Kier molecular flexibility index (Phi) is 4.63. The maximum Gasteiger partial charge on any atom is 0.138 e. The molecule has 6 heteroatoms. The van der Waals surface area contributed by atoms with Crippen molar-refractivity contribution in [2.45, 2.75) is 0 Å². The number of aromatic nitrogens is 3. The lowest BCUT2D eigenvalue weighted by molar-refractivity contribution is 0.146. The molecule has 0 saturated carbocycles. The highest BCUT2D eigenvalue weighted by Gasteiger charge is 2.06. The standard InChI is InChI=1S/C17H18N4O2/c1-18-17-15-8-12(3-4-16(15)20-11-21-17)13-7-14(10-19-9-13)23-6-5-22-2/h3-4,7-11H,5-6H2,1-2H3,(H,18,20,21). The SMILES string of the molecule is CNc1ncnc2ccc(-c3cncc(OCCOC)c3)cc12. The lowest BCUT2D eigenvalue weighted by Crippen LogP contribution is -2.04. The zero-order valence-electron chi connectivity index (χ0n) is 13.1. The maximum absolute atomic E-state index is 5.62. The highest BCUT2D eigenvalue weighted by Crippen LogP contribution is 2.28. The van der Waals surface area contributed by atoms with E-state index in [0.717, 1.165) is 33.6 Å². The Hall–Kier alpha value is -2.73. The van der Waals surface area contributed by atoms with E-state index in [1.165, 1.54) is 0 Å². The van der Waals surface area contributed by atoms with Crippen LogP contribution in [0, 0.1) is 0 Å². The fourth-order valence-corrected chi connectivity index (χ4v) is 2.33. The second-order valence-electron chi connectivity index (χ2n) is 4.95. The molecular formula is C17H18N4O2. The molecule has 118 valence electrons. The molecule has 1 aromatic carbocycles. The summed E-state index contributed by atoms with van der Waals surface area (Å²) in [4.78, 5) is 12.8. The van der Waals surface area contributed by atoms with Crippen molar-refractivity contribution in [3.8, 4) is 16.9 Å². The van der Waals surface area contributed by atoms with Crippen LogP contribution in [0.5, 0.6) is 5.75 Å². The van der Waals surface area contributed by atoms with E-state index in [1.807, 2.05) is 31.4 Å². The molecule has 23 heavy (non-hydrogen) atoms. The average molecular weight is 310 g/mol. The Morgan fingerprint density at radius 1 is 1.04 bits per heavy atom. The van der Waals surface area contributed by atoms with Crippen LogP contribution in [0.4, 0.5) is 5.82 Å². The van der Waals surface area contributed by atoms with Gasteiger partial charge in [-0.05, 0) is 23.8 Å². The van der Waals surface area contributed by atoms with Crippen molar-refractivity contribution in [2.75, 3.05) is 32.7 Å². The van der Waals surface area contributed by atoms with E-state index in [1.54, 1.807) is 19.6 Å². The van der Waals surface area contributed by atoms with E-state index in [4.69, 9.17) is 9.47 Å². The van der Waals surface area contributed by atoms with Crippen molar-refractivity contribution in [1.29, 1.82) is 0 Å². The molecule has 0 radical (unpaired) electrons. The number of methoxy groups -OCH3 is 1. The summed E-state index contributed by atoms with van der Waals surface area (Å²) >= 11 is 0. The van der Waals surface area contributed by atoms with Crippen molar-refractivity contribution in [2.24, 2.45) is 0 Å². The third-order valence-electron chi connectivity index (χ3n) is 3.47. The number of nitrogens with one attached hydrogen (secondary N) is 1. The number of pyridine rings is 1. The molecule has 0 fully saturated rings. The number of rotatable bonds is 6. The van der Waals surface area contributed by atoms with E-state index in [9.17, 15) is 0 Å². The minimum Gasteiger partial charge on any atom is -0.490 e. The van der Waals surface area contributed by atoms with Gasteiger partial charge in [0.2, 0.25) is 0 Å². The zero-order valence-corrected chi connectivity index (χ0v) is 13.1. The van der Waals surface area contributed by atoms with Gasteiger partial charge in [0.1, 0.15) is 24.5 Å². The molecule has 0 aliphatic heterocycles. The van der Waals surface area contributed by atoms with Crippen LogP contribution in [0.3, 0.4) is 0 Å². The summed E-state index contributed by atoms with van der Waals surface area (Å²) in [5.74, 6) is 1.52. The molecule has 2 aromatic heterocycles. The molecule has 0 bridgehead atoms. The van der Waals surface area contributed by atoms with Gasteiger partial charge in [-0.15, -0.1) is 0 Å². The predicted octanol–water partition coefficient (Wildman–Crippen LogP) is 2.76. The molecule has 3 aromatic rings. The summed E-state index contributed by atoms with van der Waals surface area (Å²) < 4.78 is 10.6. The Balaban J connectivity index is 1.95. The summed E-state index contributed by atoms with van der Waals surface area (Å²) in [5.41, 5.74) is 2.91. The van der Waals surface area contributed by atoms with E-state index in [0.29, 0.717) is 13.2 Å². The number of ether oxygens (including phenoxy) is 2. The highest BCUT2D eigenvalue weighted by atomic mass is 16.5. The number of nitrogens with zero attached hydrogens (tertiary/aromatic N) is 3. The van der Waals surface area contributed by atoms with Crippen molar-refractivity contribution in [1.82, 2.24) is 15.0 Å². The minimum atomic E-state index is 0.497. The normalized spacial score (nSPS) is 10.7. The first kappa shape index (κ1) is 15.2. The summed E-state index contributed by atoms with van der Waals surface area (Å²) in [5, 5.41) is 4.06. The quantitative estimate of drug-likeness (QED) is 0.706. The third kappa shape index (κ3) is 3.37. The van der Waals surface area contributed by atoms with Gasteiger partial charge in [-0.3, -0.25) is 4.98 Å². The molecule has 0 aliphatic rings. The molecule has 0 aliphatic carbocycles. The van der Waals surface area contributed by atoms with Crippen molar-refractivity contribution < 1.29 is 9.47 Å². The van der Waals surface area contributed by atoms with Gasteiger partial charge in [0, 0.05) is 31.3 Å². The minimum absolute atomic E-state index is 0.497. The van der Waals surface area contributed by atoms with Gasteiger partial charge >= 0.3 is 0 Å². The van der Waals surface area contributed by atoms with Crippen molar-refractivity contribution in [3.63, 3.8) is 0 Å². The second-order valence-corrected chi connectivity index (χ2v) is 4.95. The molecule has 0 unspecified atom stereocenters. The van der Waals surface area contributed by atoms with Crippen LogP contribution in [-0.2, 0) is 4.74 Å². The van der Waals surface area contributed by atoms with Crippen LogP contribution in [0.1, 0.15) is 0 Å². The summed E-state index contributed by atoms with van der Waals surface area (Å²) in [6, 6.07) is 8.01. The van der Waals surface area contributed by atoms with Crippen LogP contribution < -0.4 is 10.1 Å². The Labute approximate surface area is 134 Å². The largest absolute Gasteiger partial charge is 0.490 e. The molecule has 6 nitrogen and oxygen atoms in total. The number of anilines is 1. The zero-order chi connectivity index (χ0) is 16.1. The highest BCUT2D eigenvalue weighted by molar-refractivity contribution is 5.92.